The van der Waals surface area contributed by atoms with E-state index in [1.165, 1.54) is 14.2 Å². The fraction of sp³-hybridized carbons (Fsp3) is 0.571. The van der Waals surface area contributed by atoms with E-state index in [1.54, 1.807) is 32.9 Å². The lowest BCUT2D eigenvalue weighted by Crippen LogP contribution is -2.45. The number of aromatic nitrogens is 2. The second kappa shape index (κ2) is 10.1. The van der Waals surface area contributed by atoms with Crippen LogP contribution in [-0.2, 0) is 14.9 Å². The Hall–Kier alpha value is -3.06. The molecule has 188 valence electrons. The molecule has 2 heterocycles. The lowest BCUT2D eigenvalue weighted by molar-refractivity contribution is 0.0569. The molecule has 12 nitrogen and oxygen atoms in total. The van der Waals surface area contributed by atoms with Gasteiger partial charge in [-0.3, -0.25) is 4.79 Å². The summed E-state index contributed by atoms with van der Waals surface area (Å²) in [5.74, 6) is 1.62. The van der Waals surface area contributed by atoms with Crippen molar-refractivity contribution in [2.45, 2.75) is 39.2 Å². The maximum absolute atomic E-state index is 12.3. The van der Waals surface area contributed by atoms with Gasteiger partial charge in [0.1, 0.15) is 5.60 Å². The lowest BCUT2D eigenvalue weighted by Gasteiger charge is -2.33. The Kier molecular flexibility index (Phi) is 7.56. The molecule has 0 bridgehead atoms. The minimum absolute atomic E-state index is 0.0649. The predicted octanol–water partition coefficient (Wildman–Crippen LogP) is 1.52. The second-order valence-electron chi connectivity index (χ2n) is 9.02. The molecule has 0 radical (unpaired) electrons. The van der Waals surface area contributed by atoms with Crippen LogP contribution in [0.2, 0.25) is 0 Å². The fourth-order valence-corrected chi connectivity index (χ4v) is 4.53. The van der Waals surface area contributed by atoms with Crippen LogP contribution in [-0.4, -0.2) is 64.2 Å². The molecule has 3 N–H and O–H groups in total. The highest BCUT2D eigenvalue weighted by Gasteiger charge is 2.26. The van der Waals surface area contributed by atoms with Gasteiger partial charge < -0.3 is 19.1 Å². The largest absolute Gasteiger partial charge is 0.493 e. The summed E-state index contributed by atoms with van der Waals surface area (Å²) < 4.78 is 44.2. The second-order valence-corrected chi connectivity index (χ2v) is 10.5. The molecule has 0 aliphatic carbocycles. The number of H-pyrrole nitrogens is 1. The molecule has 1 aromatic carbocycles. The van der Waals surface area contributed by atoms with Crippen molar-refractivity contribution in [2.24, 2.45) is 5.92 Å². The summed E-state index contributed by atoms with van der Waals surface area (Å²) in [6.07, 6.45) is 0.340. The van der Waals surface area contributed by atoms with Gasteiger partial charge in [-0.15, -0.1) is 0 Å². The number of hydrogen-bond acceptors (Lipinski definition) is 9. The minimum atomic E-state index is -4.03. The van der Waals surface area contributed by atoms with Crippen LogP contribution in [0.1, 0.15) is 33.6 Å². The summed E-state index contributed by atoms with van der Waals surface area (Å²) in [7, 11) is -1.01. The molecular weight excluding hydrogens is 466 g/mol. The third-order valence-corrected chi connectivity index (χ3v) is 6.35. The van der Waals surface area contributed by atoms with Gasteiger partial charge in [-0.05, 0) is 51.7 Å². The van der Waals surface area contributed by atoms with Gasteiger partial charge in [0, 0.05) is 25.0 Å². The molecule has 0 saturated carbocycles. The van der Waals surface area contributed by atoms with Crippen LogP contribution in [0.15, 0.2) is 16.9 Å². The molecule has 1 saturated heterocycles. The summed E-state index contributed by atoms with van der Waals surface area (Å²) in [6, 6.07) is 3.35. The Morgan fingerprint density at radius 2 is 1.74 bits per heavy atom. The fourth-order valence-electron chi connectivity index (χ4n) is 3.74. The van der Waals surface area contributed by atoms with E-state index in [0.29, 0.717) is 54.0 Å². The standard InChI is InChI=1S/C21H31N5O7S/c1-21(2,3)33-20(28)25-34(29,30)22-12-13-6-8-26(9-7-13)18-14-10-16(31-4)17(32-5)11-15(14)19(27)24-23-18/h10-11,13,22H,6-9,12H2,1-5H3,(H,24,27)(H,25,28). The number of piperidine rings is 1. The number of amides is 1. The van der Waals surface area contributed by atoms with Crippen molar-refractivity contribution in [3.05, 3.63) is 22.5 Å². The van der Waals surface area contributed by atoms with E-state index in [2.05, 4.69) is 14.9 Å². The van der Waals surface area contributed by atoms with Gasteiger partial charge in [0.15, 0.2) is 17.3 Å². The molecular formula is C21H31N5O7S. The van der Waals surface area contributed by atoms with E-state index in [1.807, 2.05) is 9.62 Å². The van der Waals surface area contributed by atoms with Gasteiger partial charge >= 0.3 is 16.3 Å². The Labute approximate surface area is 198 Å². The van der Waals surface area contributed by atoms with Crippen LogP contribution in [0.4, 0.5) is 10.6 Å². The monoisotopic (exact) mass is 497 g/mol. The maximum atomic E-state index is 12.3. The van der Waals surface area contributed by atoms with Crippen LogP contribution < -0.4 is 29.4 Å². The van der Waals surface area contributed by atoms with E-state index < -0.39 is 21.9 Å². The first kappa shape index (κ1) is 25.6. The van der Waals surface area contributed by atoms with Crippen molar-refractivity contribution in [3.8, 4) is 11.5 Å². The summed E-state index contributed by atoms with van der Waals surface area (Å²) in [4.78, 5) is 26.1. The molecule has 1 amide bonds. The SMILES string of the molecule is COc1cc2c(N3CCC(CNS(=O)(=O)NC(=O)OC(C)(C)C)CC3)n[nH]c(=O)c2cc1OC. The number of nitrogens with one attached hydrogen (secondary N) is 3. The first-order valence-electron chi connectivity index (χ1n) is 10.8. The zero-order chi connectivity index (χ0) is 25.1. The molecule has 1 aliphatic rings. The number of nitrogens with zero attached hydrogens (tertiary/aromatic N) is 2. The number of carbonyl (C=O) groups excluding carboxylic acids is 1. The first-order valence-corrected chi connectivity index (χ1v) is 12.3. The lowest BCUT2D eigenvalue weighted by atomic mass is 9.97. The Morgan fingerprint density at radius 1 is 1.15 bits per heavy atom. The number of anilines is 1. The third-order valence-electron chi connectivity index (χ3n) is 5.37. The number of fused-ring (bicyclic) bond motifs is 1. The summed E-state index contributed by atoms with van der Waals surface area (Å²) in [5, 5.41) is 7.86. The minimum Gasteiger partial charge on any atom is -0.493 e. The zero-order valence-electron chi connectivity index (χ0n) is 19.9. The van der Waals surface area contributed by atoms with Crippen LogP contribution in [0, 0.1) is 5.92 Å². The Bertz CT molecular complexity index is 1200. The smallest absolute Gasteiger partial charge is 0.422 e. The average molecular weight is 498 g/mol. The summed E-state index contributed by atoms with van der Waals surface area (Å²) in [5.41, 5.74) is -1.14. The van der Waals surface area contributed by atoms with Crippen molar-refractivity contribution in [3.63, 3.8) is 0 Å². The molecule has 0 unspecified atom stereocenters. The van der Waals surface area contributed by atoms with Gasteiger partial charge in [0.25, 0.3) is 5.56 Å². The van der Waals surface area contributed by atoms with Crippen LogP contribution in [0.5, 0.6) is 11.5 Å². The number of aromatic amines is 1. The van der Waals surface area contributed by atoms with E-state index in [-0.39, 0.29) is 18.0 Å². The molecule has 0 spiro atoms. The van der Waals surface area contributed by atoms with E-state index in [4.69, 9.17) is 14.2 Å². The molecule has 1 aliphatic heterocycles. The Balaban J connectivity index is 1.64. The zero-order valence-corrected chi connectivity index (χ0v) is 20.7. The number of methoxy groups -OCH3 is 2. The molecule has 34 heavy (non-hydrogen) atoms. The van der Waals surface area contributed by atoms with Crippen LogP contribution >= 0.6 is 0 Å². The number of ether oxygens (including phenoxy) is 3. The normalized spacial score (nSPS) is 15.3. The molecule has 3 rings (SSSR count). The Morgan fingerprint density at radius 3 is 2.29 bits per heavy atom. The number of rotatable bonds is 7. The highest BCUT2D eigenvalue weighted by molar-refractivity contribution is 7.88. The summed E-state index contributed by atoms with van der Waals surface area (Å²) in [6.45, 7) is 6.33. The van der Waals surface area contributed by atoms with Crippen molar-refractivity contribution >= 4 is 32.9 Å². The van der Waals surface area contributed by atoms with E-state index in [9.17, 15) is 18.0 Å². The number of benzene rings is 1. The van der Waals surface area contributed by atoms with Gasteiger partial charge in [-0.25, -0.2) is 14.6 Å². The highest BCUT2D eigenvalue weighted by Crippen LogP contribution is 2.35. The first-order chi connectivity index (χ1) is 15.9. The van der Waals surface area contributed by atoms with Crippen molar-refractivity contribution in [1.82, 2.24) is 19.6 Å². The summed E-state index contributed by atoms with van der Waals surface area (Å²) >= 11 is 0. The van der Waals surface area contributed by atoms with Gasteiger partial charge in [0.2, 0.25) is 0 Å². The van der Waals surface area contributed by atoms with Crippen LogP contribution in [0.3, 0.4) is 0 Å². The number of hydrogen-bond donors (Lipinski definition) is 3. The van der Waals surface area contributed by atoms with Gasteiger partial charge in [-0.2, -0.15) is 18.2 Å². The van der Waals surface area contributed by atoms with E-state index >= 15 is 0 Å². The molecule has 1 aromatic heterocycles. The molecule has 13 heteroatoms. The maximum Gasteiger partial charge on any atom is 0.422 e. The van der Waals surface area contributed by atoms with Crippen molar-refractivity contribution in [2.75, 3.05) is 38.8 Å². The van der Waals surface area contributed by atoms with E-state index in [0.717, 1.165) is 0 Å². The quantitative estimate of drug-likeness (QED) is 0.517. The van der Waals surface area contributed by atoms with Crippen molar-refractivity contribution in [1.29, 1.82) is 0 Å². The molecule has 1 fully saturated rings. The third kappa shape index (κ3) is 6.29. The van der Waals surface area contributed by atoms with Gasteiger partial charge in [0.05, 0.1) is 19.6 Å². The number of carbonyl (C=O) groups is 1. The molecule has 0 atom stereocenters. The topological polar surface area (TPSA) is 152 Å². The van der Waals surface area contributed by atoms with Crippen LogP contribution in [0.25, 0.3) is 10.8 Å². The van der Waals surface area contributed by atoms with Gasteiger partial charge in [-0.1, -0.05) is 0 Å². The predicted molar refractivity (Wildman–Crippen MR) is 127 cm³/mol. The average Bonchev–Trinajstić information content (AvgIpc) is 2.76. The van der Waals surface area contributed by atoms with Crippen molar-refractivity contribution < 1.29 is 27.4 Å². The molecule has 2 aromatic rings. The highest BCUT2D eigenvalue weighted by atomic mass is 32.2.